The summed E-state index contributed by atoms with van der Waals surface area (Å²) < 4.78 is 14.1. The van der Waals surface area contributed by atoms with Gasteiger partial charge in [0.1, 0.15) is 0 Å². The van der Waals surface area contributed by atoms with E-state index in [1.54, 1.807) is 17.8 Å². The summed E-state index contributed by atoms with van der Waals surface area (Å²) >= 11 is 0. The first kappa shape index (κ1) is 9.19. The van der Waals surface area contributed by atoms with Crippen LogP contribution in [0.5, 0.6) is 0 Å². The fourth-order valence-corrected chi connectivity index (χ4v) is 0.944. The predicted octanol–water partition coefficient (Wildman–Crippen LogP) is 1.09. The van der Waals surface area contributed by atoms with Crippen LogP contribution in [0.15, 0.2) is 12.4 Å². The van der Waals surface area contributed by atoms with Gasteiger partial charge in [0.2, 0.25) is 0 Å². The second kappa shape index (κ2) is 4.21. The first-order valence-corrected chi connectivity index (χ1v) is 4.08. The van der Waals surface area contributed by atoms with Crippen molar-refractivity contribution < 1.29 is 4.39 Å². The zero-order chi connectivity index (χ0) is 8.97. The summed E-state index contributed by atoms with van der Waals surface area (Å²) in [5.74, 6) is 0. The van der Waals surface area contributed by atoms with Gasteiger partial charge in [-0.15, -0.1) is 0 Å². The number of hydrogen-bond acceptors (Lipinski definition) is 2. The molecule has 1 aromatic heterocycles. The van der Waals surface area contributed by atoms with Crippen LogP contribution in [-0.4, -0.2) is 16.0 Å². The Bertz CT molecular complexity index is 232. The monoisotopic (exact) mass is 171 g/mol. The lowest BCUT2D eigenvalue weighted by molar-refractivity contribution is 0.320. The molecule has 0 saturated carbocycles. The molecule has 68 valence electrons. The Hall–Kier alpha value is -0.900. The standard InChI is InChI=1S/C8H14FN3/c1-7(9)2-3-12-6-8(4-10)5-11-12/h5-7H,2-4,10H2,1H3. The second-order valence-corrected chi connectivity index (χ2v) is 2.89. The lowest BCUT2D eigenvalue weighted by Crippen LogP contribution is -2.03. The van der Waals surface area contributed by atoms with Crippen molar-refractivity contribution in [2.75, 3.05) is 0 Å². The maximum absolute atomic E-state index is 12.4. The van der Waals surface area contributed by atoms with Crippen LogP contribution in [-0.2, 0) is 13.1 Å². The van der Waals surface area contributed by atoms with Gasteiger partial charge in [-0.1, -0.05) is 0 Å². The lowest BCUT2D eigenvalue weighted by atomic mass is 10.3. The van der Waals surface area contributed by atoms with Crippen molar-refractivity contribution in [2.45, 2.75) is 32.6 Å². The SMILES string of the molecule is CC(F)CCn1cc(CN)cn1. The highest BCUT2D eigenvalue weighted by atomic mass is 19.1. The normalized spacial score (nSPS) is 13.2. The third kappa shape index (κ3) is 2.62. The van der Waals surface area contributed by atoms with Gasteiger partial charge in [-0.05, 0) is 13.3 Å². The van der Waals surface area contributed by atoms with Crippen LogP contribution in [0.1, 0.15) is 18.9 Å². The number of aryl methyl sites for hydroxylation is 1. The van der Waals surface area contributed by atoms with Crippen LogP contribution in [0.2, 0.25) is 0 Å². The van der Waals surface area contributed by atoms with E-state index in [0.29, 0.717) is 19.5 Å². The van der Waals surface area contributed by atoms with Crippen LogP contribution in [0.4, 0.5) is 4.39 Å². The summed E-state index contributed by atoms with van der Waals surface area (Å²) in [7, 11) is 0. The van der Waals surface area contributed by atoms with Crippen LogP contribution >= 0.6 is 0 Å². The Kier molecular flexibility index (Phi) is 3.22. The lowest BCUT2D eigenvalue weighted by Gasteiger charge is -2.01. The summed E-state index contributed by atoms with van der Waals surface area (Å²) in [6.45, 7) is 2.66. The van der Waals surface area contributed by atoms with Crippen LogP contribution in [0.3, 0.4) is 0 Å². The molecule has 0 aliphatic rings. The number of halogens is 1. The summed E-state index contributed by atoms with van der Waals surface area (Å²) in [6.07, 6.45) is 3.30. The Morgan fingerprint density at radius 3 is 3.00 bits per heavy atom. The van der Waals surface area contributed by atoms with Gasteiger partial charge in [0.05, 0.1) is 12.4 Å². The first-order chi connectivity index (χ1) is 5.72. The first-order valence-electron chi connectivity index (χ1n) is 4.08. The largest absolute Gasteiger partial charge is 0.326 e. The minimum atomic E-state index is -0.768. The predicted molar refractivity (Wildman–Crippen MR) is 45.3 cm³/mol. The van der Waals surface area contributed by atoms with E-state index in [0.717, 1.165) is 5.56 Å². The molecule has 1 aromatic rings. The molecule has 1 atom stereocenters. The van der Waals surface area contributed by atoms with Crippen LogP contribution < -0.4 is 5.73 Å². The molecule has 0 aliphatic carbocycles. The Morgan fingerprint density at radius 2 is 2.50 bits per heavy atom. The fourth-order valence-electron chi connectivity index (χ4n) is 0.944. The molecule has 0 aliphatic heterocycles. The van der Waals surface area contributed by atoms with Gasteiger partial charge in [-0.2, -0.15) is 5.10 Å². The average molecular weight is 171 g/mol. The molecule has 0 spiro atoms. The number of aromatic nitrogens is 2. The summed E-state index contributed by atoms with van der Waals surface area (Å²) in [4.78, 5) is 0. The second-order valence-electron chi connectivity index (χ2n) is 2.89. The molecular weight excluding hydrogens is 157 g/mol. The van der Waals surface area contributed by atoms with E-state index in [-0.39, 0.29) is 0 Å². The third-order valence-electron chi connectivity index (χ3n) is 1.68. The van der Waals surface area contributed by atoms with Crippen molar-refractivity contribution >= 4 is 0 Å². The number of nitrogens with zero attached hydrogens (tertiary/aromatic N) is 2. The molecule has 4 heteroatoms. The molecule has 0 saturated heterocycles. The van der Waals surface area contributed by atoms with E-state index in [1.807, 2.05) is 6.20 Å². The highest BCUT2D eigenvalue weighted by molar-refractivity contribution is 5.02. The van der Waals surface area contributed by atoms with Crippen molar-refractivity contribution in [1.82, 2.24) is 9.78 Å². The smallest absolute Gasteiger partial charge is 0.0991 e. The van der Waals surface area contributed by atoms with Crippen molar-refractivity contribution in [3.05, 3.63) is 18.0 Å². The zero-order valence-electron chi connectivity index (χ0n) is 7.20. The Balaban J connectivity index is 2.41. The average Bonchev–Trinajstić information content (AvgIpc) is 2.48. The topological polar surface area (TPSA) is 43.8 Å². The van der Waals surface area contributed by atoms with E-state index in [1.165, 1.54) is 0 Å². The van der Waals surface area contributed by atoms with Gasteiger partial charge >= 0.3 is 0 Å². The maximum Gasteiger partial charge on any atom is 0.0991 e. The highest BCUT2D eigenvalue weighted by Gasteiger charge is 2.00. The van der Waals surface area contributed by atoms with E-state index < -0.39 is 6.17 Å². The third-order valence-corrected chi connectivity index (χ3v) is 1.68. The van der Waals surface area contributed by atoms with Gasteiger partial charge in [-0.25, -0.2) is 4.39 Å². The number of rotatable bonds is 4. The molecule has 0 radical (unpaired) electrons. The number of hydrogen-bond donors (Lipinski definition) is 1. The molecule has 1 heterocycles. The molecule has 0 aromatic carbocycles. The van der Waals surface area contributed by atoms with Crippen molar-refractivity contribution in [2.24, 2.45) is 5.73 Å². The maximum atomic E-state index is 12.4. The molecule has 1 rings (SSSR count). The molecule has 0 bridgehead atoms. The molecule has 12 heavy (non-hydrogen) atoms. The van der Waals surface area contributed by atoms with Gasteiger partial charge in [0, 0.05) is 24.8 Å². The summed E-state index contributed by atoms with van der Waals surface area (Å²) in [5, 5.41) is 4.03. The molecule has 1 unspecified atom stereocenters. The molecule has 3 nitrogen and oxygen atoms in total. The Morgan fingerprint density at radius 1 is 1.75 bits per heavy atom. The minimum absolute atomic E-state index is 0.491. The fraction of sp³-hybridized carbons (Fsp3) is 0.625. The molecule has 0 amide bonds. The Labute approximate surface area is 71.4 Å². The van der Waals surface area contributed by atoms with E-state index in [2.05, 4.69) is 5.10 Å². The van der Waals surface area contributed by atoms with Gasteiger partial charge in [0.25, 0.3) is 0 Å². The zero-order valence-corrected chi connectivity index (χ0v) is 7.20. The molecular formula is C8H14FN3. The molecule has 2 N–H and O–H groups in total. The van der Waals surface area contributed by atoms with Crippen LogP contribution in [0.25, 0.3) is 0 Å². The van der Waals surface area contributed by atoms with Crippen LogP contribution in [0, 0.1) is 0 Å². The van der Waals surface area contributed by atoms with E-state index in [4.69, 9.17) is 5.73 Å². The number of nitrogens with two attached hydrogens (primary N) is 1. The minimum Gasteiger partial charge on any atom is -0.326 e. The van der Waals surface area contributed by atoms with Crippen molar-refractivity contribution in [3.8, 4) is 0 Å². The van der Waals surface area contributed by atoms with Gasteiger partial charge in [0.15, 0.2) is 0 Å². The van der Waals surface area contributed by atoms with E-state index >= 15 is 0 Å². The summed E-state index contributed by atoms with van der Waals surface area (Å²) in [6, 6.07) is 0. The quantitative estimate of drug-likeness (QED) is 0.737. The molecule has 0 fully saturated rings. The van der Waals surface area contributed by atoms with Gasteiger partial charge < -0.3 is 5.73 Å². The summed E-state index contributed by atoms with van der Waals surface area (Å²) in [5.41, 5.74) is 6.38. The highest BCUT2D eigenvalue weighted by Crippen LogP contribution is 2.01. The number of alkyl halides is 1. The van der Waals surface area contributed by atoms with E-state index in [9.17, 15) is 4.39 Å². The van der Waals surface area contributed by atoms with Crippen molar-refractivity contribution in [1.29, 1.82) is 0 Å². The van der Waals surface area contributed by atoms with Gasteiger partial charge in [-0.3, -0.25) is 4.68 Å². The van der Waals surface area contributed by atoms with Crippen molar-refractivity contribution in [3.63, 3.8) is 0 Å².